The summed E-state index contributed by atoms with van der Waals surface area (Å²) in [6.45, 7) is 6.66. The number of thiophene rings is 1. The van der Waals surface area contributed by atoms with Crippen molar-refractivity contribution in [1.82, 2.24) is 0 Å². The second-order valence-electron chi connectivity index (χ2n) is 5.99. The first kappa shape index (κ1) is 12.1. The van der Waals surface area contributed by atoms with Crippen molar-refractivity contribution >= 4 is 11.3 Å². The first-order chi connectivity index (χ1) is 7.47. The third kappa shape index (κ3) is 3.08. The zero-order chi connectivity index (χ0) is 11.8. The van der Waals surface area contributed by atoms with E-state index in [1.807, 2.05) is 0 Å². The van der Waals surface area contributed by atoms with Gasteiger partial charge in [0.05, 0.1) is 6.10 Å². The van der Waals surface area contributed by atoms with Gasteiger partial charge in [0.2, 0.25) is 0 Å². The topological polar surface area (TPSA) is 20.2 Å². The van der Waals surface area contributed by atoms with Gasteiger partial charge in [0.25, 0.3) is 0 Å². The van der Waals surface area contributed by atoms with Crippen LogP contribution < -0.4 is 0 Å². The fraction of sp³-hybridized carbons (Fsp3) is 0.714. The van der Waals surface area contributed by atoms with Gasteiger partial charge in [0.1, 0.15) is 0 Å². The van der Waals surface area contributed by atoms with E-state index in [-0.39, 0.29) is 11.5 Å². The fourth-order valence-corrected chi connectivity index (χ4v) is 2.96. The normalized spacial score (nSPS) is 18.8. The van der Waals surface area contributed by atoms with Crippen molar-refractivity contribution < 1.29 is 5.11 Å². The molecule has 1 aliphatic carbocycles. The predicted molar refractivity (Wildman–Crippen MR) is 69.9 cm³/mol. The van der Waals surface area contributed by atoms with Gasteiger partial charge in [-0.1, -0.05) is 33.6 Å². The van der Waals surface area contributed by atoms with E-state index in [1.165, 1.54) is 24.1 Å². The van der Waals surface area contributed by atoms with Crippen LogP contribution in [0.2, 0.25) is 0 Å². The van der Waals surface area contributed by atoms with Gasteiger partial charge < -0.3 is 5.11 Å². The maximum absolute atomic E-state index is 10.1. The van der Waals surface area contributed by atoms with Crippen LogP contribution in [0.5, 0.6) is 0 Å². The van der Waals surface area contributed by atoms with E-state index in [0.29, 0.717) is 0 Å². The lowest BCUT2D eigenvalue weighted by Gasteiger charge is -2.15. The number of rotatable bonds is 4. The van der Waals surface area contributed by atoms with Crippen LogP contribution >= 0.6 is 11.3 Å². The van der Waals surface area contributed by atoms with Crippen molar-refractivity contribution in [2.75, 3.05) is 0 Å². The Kier molecular flexibility index (Phi) is 3.41. The largest absolute Gasteiger partial charge is 0.388 e. The summed E-state index contributed by atoms with van der Waals surface area (Å²) in [5, 5.41) is 10.1. The summed E-state index contributed by atoms with van der Waals surface area (Å²) < 4.78 is 0. The number of aliphatic hydroxyl groups is 1. The highest BCUT2D eigenvalue weighted by Crippen LogP contribution is 2.38. The Hall–Kier alpha value is -0.340. The van der Waals surface area contributed by atoms with Gasteiger partial charge in [-0.25, -0.2) is 0 Å². The summed E-state index contributed by atoms with van der Waals surface area (Å²) in [5.41, 5.74) is 0.207. The van der Waals surface area contributed by atoms with Crippen molar-refractivity contribution in [3.8, 4) is 0 Å². The predicted octanol–water partition coefficient (Wildman–Crippen LogP) is 4.27. The SMILES string of the molecule is CC(C)(C)c1ccc(C(O)CCC2CC2)s1. The van der Waals surface area contributed by atoms with Gasteiger partial charge in [-0.05, 0) is 36.3 Å². The first-order valence-electron chi connectivity index (χ1n) is 6.25. The Morgan fingerprint density at radius 2 is 2.06 bits per heavy atom. The molecule has 0 spiro atoms. The molecule has 0 bridgehead atoms. The quantitative estimate of drug-likeness (QED) is 0.830. The Balaban J connectivity index is 1.94. The third-order valence-electron chi connectivity index (χ3n) is 3.24. The molecular weight excluding hydrogens is 216 g/mol. The number of hydrogen-bond donors (Lipinski definition) is 1. The van der Waals surface area contributed by atoms with Crippen molar-refractivity contribution in [3.05, 3.63) is 21.9 Å². The van der Waals surface area contributed by atoms with Crippen LogP contribution in [0.15, 0.2) is 12.1 Å². The van der Waals surface area contributed by atoms with Crippen LogP contribution in [-0.2, 0) is 5.41 Å². The summed E-state index contributed by atoms with van der Waals surface area (Å²) in [5.74, 6) is 0.914. The van der Waals surface area contributed by atoms with Crippen LogP contribution in [0.3, 0.4) is 0 Å². The Bertz CT molecular complexity index is 344. The summed E-state index contributed by atoms with van der Waals surface area (Å²) in [7, 11) is 0. The minimum absolute atomic E-state index is 0.207. The summed E-state index contributed by atoms with van der Waals surface area (Å²) in [6.07, 6.45) is 4.66. The second kappa shape index (κ2) is 4.50. The second-order valence-corrected chi connectivity index (χ2v) is 7.10. The molecule has 1 atom stereocenters. The van der Waals surface area contributed by atoms with Crippen molar-refractivity contribution in [3.63, 3.8) is 0 Å². The van der Waals surface area contributed by atoms with Crippen molar-refractivity contribution in [1.29, 1.82) is 0 Å². The highest BCUT2D eigenvalue weighted by atomic mass is 32.1. The zero-order valence-corrected chi connectivity index (χ0v) is 11.3. The van der Waals surface area contributed by atoms with Gasteiger partial charge in [-0.2, -0.15) is 0 Å². The highest BCUT2D eigenvalue weighted by molar-refractivity contribution is 7.12. The van der Waals surface area contributed by atoms with Crippen LogP contribution in [0.1, 0.15) is 62.3 Å². The molecule has 1 heterocycles. The van der Waals surface area contributed by atoms with Crippen LogP contribution in [0, 0.1) is 5.92 Å². The maximum Gasteiger partial charge on any atom is 0.0882 e. The third-order valence-corrected chi connectivity index (χ3v) is 4.85. The molecule has 1 aliphatic rings. The van der Waals surface area contributed by atoms with E-state index in [0.717, 1.165) is 17.2 Å². The minimum atomic E-state index is -0.235. The lowest BCUT2D eigenvalue weighted by atomic mass is 9.95. The monoisotopic (exact) mass is 238 g/mol. The lowest BCUT2D eigenvalue weighted by Crippen LogP contribution is -2.07. The van der Waals surface area contributed by atoms with Crippen molar-refractivity contribution in [2.45, 2.75) is 58.0 Å². The molecule has 1 nitrogen and oxygen atoms in total. The molecule has 1 saturated carbocycles. The van der Waals surface area contributed by atoms with E-state index in [2.05, 4.69) is 32.9 Å². The molecule has 0 aliphatic heterocycles. The van der Waals surface area contributed by atoms with Gasteiger partial charge >= 0.3 is 0 Å². The number of hydrogen-bond acceptors (Lipinski definition) is 2. The van der Waals surface area contributed by atoms with Crippen LogP contribution in [-0.4, -0.2) is 5.11 Å². The van der Waals surface area contributed by atoms with Gasteiger partial charge in [-0.3, -0.25) is 0 Å². The van der Waals surface area contributed by atoms with Gasteiger partial charge in [0.15, 0.2) is 0 Å². The average Bonchev–Trinajstić information content (AvgIpc) is 2.86. The van der Waals surface area contributed by atoms with E-state index >= 15 is 0 Å². The first-order valence-corrected chi connectivity index (χ1v) is 7.07. The molecule has 16 heavy (non-hydrogen) atoms. The van der Waals surface area contributed by atoms with Crippen LogP contribution in [0.4, 0.5) is 0 Å². The zero-order valence-electron chi connectivity index (χ0n) is 10.5. The van der Waals surface area contributed by atoms with Crippen molar-refractivity contribution in [2.24, 2.45) is 5.92 Å². The molecule has 0 saturated heterocycles. The summed E-state index contributed by atoms with van der Waals surface area (Å²) in [6, 6.07) is 4.27. The average molecular weight is 238 g/mol. The molecule has 0 radical (unpaired) electrons. The molecule has 2 rings (SSSR count). The summed E-state index contributed by atoms with van der Waals surface area (Å²) in [4.78, 5) is 2.51. The number of aliphatic hydroxyl groups excluding tert-OH is 1. The van der Waals surface area contributed by atoms with Crippen LogP contribution in [0.25, 0.3) is 0 Å². The maximum atomic E-state index is 10.1. The summed E-state index contributed by atoms with van der Waals surface area (Å²) >= 11 is 1.77. The van der Waals surface area contributed by atoms with Gasteiger partial charge in [0, 0.05) is 9.75 Å². The molecule has 1 aromatic rings. The Morgan fingerprint density at radius 3 is 2.56 bits per heavy atom. The van der Waals surface area contributed by atoms with Gasteiger partial charge in [-0.15, -0.1) is 11.3 Å². The molecule has 1 aromatic heterocycles. The molecule has 0 aromatic carbocycles. The van der Waals surface area contributed by atoms with E-state index in [1.54, 1.807) is 11.3 Å². The molecule has 2 heteroatoms. The Labute approximate surface area is 103 Å². The molecule has 90 valence electrons. The molecule has 1 unspecified atom stereocenters. The molecule has 1 fully saturated rings. The fourth-order valence-electron chi connectivity index (χ4n) is 1.88. The minimum Gasteiger partial charge on any atom is -0.388 e. The van der Waals surface area contributed by atoms with E-state index < -0.39 is 0 Å². The molecule has 1 N–H and O–H groups in total. The lowest BCUT2D eigenvalue weighted by molar-refractivity contribution is 0.166. The smallest absolute Gasteiger partial charge is 0.0882 e. The van der Waals surface area contributed by atoms with E-state index in [4.69, 9.17) is 0 Å². The molecular formula is C14H22OS. The van der Waals surface area contributed by atoms with E-state index in [9.17, 15) is 5.11 Å². The Morgan fingerprint density at radius 1 is 1.38 bits per heavy atom. The molecule has 0 amide bonds. The highest BCUT2D eigenvalue weighted by Gasteiger charge is 2.23. The standard InChI is InChI=1S/C14H22OS/c1-14(2,3)13-9-8-12(16-13)11(15)7-6-10-4-5-10/h8-11,15H,4-7H2,1-3H3.